The van der Waals surface area contributed by atoms with Gasteiger partial charge in [0, 0.05) is 25.4 Å². The van der Waals surface area contributed by atoms with E-state index < -0.39 is 17.0 Å². The molecule has 1 saturated carbocycles. The number of nitrogens with two attached hydrogens (primary N) is 1. The second-order valence-corrected chi connectivity index (χ2v) is 11.5. The van der Waals surface area contributed by atoms with Crippen molar-refractivity contribution < 1.29 is 13.8 Å². The lowest BCUT2D eigenvalue weighted by molar-refractivity contribution is -0.118. The molecular weight excluding hydrogens is 518 g/mol. The number of hydrogen-bond donors (Lipinski definition) is 2. The molecule has 8 nitrogen and oxygen atoms in total. The quantitative estimate of drug-likeness (QED) is 0.287. The van der Waals surface area contributed by atoms with Gasteiger partial charge in [-0.2, -0.15) is 0 Å². The maximum absolute atomic E-state index is 11.4. The van der Waals surface area contributed by atoms with Crippen molar-refractivity contribution in [3.05, 3.63) is 48.8 Å². The smallest absolute Gasteiger partial charge is 0.147 e. The van der Waals surface area contributed by atoms with E-state index in [1.54, 1.807) is 49.5 Å². The van der Waals surface area contributed by atoms with Crippen LogP contribution in [-0.4, -0.2) is 56.7 Å². The number of hydrogen-bond acceptors (Lipinski definition) is 8. The summed E-state index contributed by atoms with van der Waals surface area (Å²) < 4.78 is 16.1. The van der Waals surface area contributed by atoms with Crippen LogP contribution >= 0.6 is 11.9 Å². The third-order valence-electron chi connectivity index (χ3n) is 5.79. The van der Waals surface area contributed by atoms with Crippen LogP contribution in [0.15, 0.2) is 58.8 Å². The number of nitrogens with zero attached hydrogens (tertiary/aromatic N) is 3. The molecule has 1 saturated heterocycles. The highest BCUT2D eigenvalue weighted by atomic mass is 32.2. The highest BCUT2D eigenvalue weighted by molar-refractivity contribution is 7.97. The molecule has 0 amide bonds. The summed E-state index contributed by atoms with van der Waals surface area (Å²) in [6, 6.07) is 10.5. The molecule has 2 aliphatic rings. The molecule has 1 aliphatic carbocycles. The van der Waals surface area contributed by atoms with Crippen LogP contribution < -0.4 is 10.5 Å². The number of carbonyl (C=O) groups excluding carboxylic acids is 2. The molecular formula is C28H45N5O3S2. The average Bonchev–Trinajstić information content (AvgIpc) is 3.32. The van der Waals surface area contributed by atoms with Crippen molar-refractivity contribution in [2.45, 2.75) is 87.7 Å². The first-order valence-corrected chi connectivity index (χ1v) is 15.4. The third-order valence-corrected chi connectivity index (χ3v) is 8.00. The summed E-state index contributed by atoms with van der Waals surface area (Å²) in [7, 11) is 0.0943. The van der Waals surface area contributed by atoms with E-state index >= 15 is 0 Å². The summed E-state index contributed by atoms with van der Waals surface area (Å²) >= 11 is 1.58. The molecule has 2 aromatic rings. The predicted octanol–water partition coefficient (Wildman–Crippen LogP) is 4.98. The predicted molar refractivity (Wildman–Crippen MR) is 157 cm³/mol. The van der Waals surface area contributed by atoms with Gasteiger partial charge >= 0.3 is 0 Å². The van der Waals surface area contributed by atoms with Crippen molar-refractivity contribution in [1.82, 2.24) is 19.0 Å². The molecule has 38 heavy (non-hydrogen) atoms. The van der Waals surface area contributed by atoms with Gasteiger partial charge in [0.1, 0.15) is 33.1 Å². The summed E-state index contributed by atoms with van der Waals surface area (Å²) in [5.74, 6) is 1.37. The highest BCUT2D eigenvalue weighted by Crippen LogP contribution is 2.23. The monoisotopic (exact) mass is 563 g/mol. The van der Waals surface area contributed by atoms with E-state index in [9.17, 15) is 13.8 Å². The molecule has 4 rings (SSSR count). The van der Waals surface area contributed by atoms with Crippen LogP contribution in [0.5, 0.6) is 0 Å². The maximum atomic E-state index is 11.4. The van der Waals surface area contributed by atoms with Crippen LogP contribution in [0, 0.1) is 5.92 Å². The van der Waals surface area contributed by atoms with Crippen LogP contribution in [0.2, 0.25) is 0 Å². The van der Waals surface area contributed by atoms with E-state index in [2.05, 4.69) is 31.7 Å². The minimum Gasteiger partial charge on any atom is -0.333 e. The van der Waals surface area contributed by atoms with Gasteiger partial charge in [0.25, 0.3) is 0 Å². The number of aromatic nitrogens is 2. The lowest BCUT2D eigenvalue weighted by atomic mass is 10.0. The number of aldehydes is 1. The second kappa shape index (κ2) is 21.9. The zero-order valence-corrected chi connectivity index (χ0v) is 24.7. The van der Waals surface area contributed by atoms with E-state index in [0.717, 1.165) is 36.8 Å². The average molecular weight is 564 g/mol. The molecule has 2 fully saturated rings. The zero-order valence-electron chi connectivity index (χ0n) is 23.1. The number of nitrogens with one attached hydrogen (secondary N) is 1. The molecule has 0 spiro atoms. The second-order valence-electron chi connectivity index (χ2n) is 9.19. The fourth-order valence-electron chi connectivity index (χ4n) is 3.77. The Hall–Kier alpha value is -1.98. The first-order chi connectivity index (χ1) is 18.5. The Balaban J connectivity index is 0.000000287. The molecule has 1 aliphatic heterocycles. The van der Waals surface area contributed by atoms with Crippen molar-refractivity contribution in [1.29, 1.82) is 0 Å². The molecule has 0 bridgehead atoms. The molecule has 2 unspecified atom stereocenters. The lowest BCUT2D eigenvalue weighted by Gasteiger charge is -2.16. The summed E-state index contributed by atoms with van der Waals surface area (Å²) in [6.45, 7) is 5.55. The van der Waals surface area contributed by atoms with Crippen LogP contribution in [-0.2, 0) is 20.6 Å². The van der Waals surface area contributed by atoms with Gasteiger partial charge in [-0.25, -0.2) is 23.2 Å². The Kier molecular flexibility index (Phi) is 19.6. The molecule has 212 valence electrons. The van der Waals surface area contributed by atoms with Gasteiger partial charge < -0.3 is 10.5 Å². The van der Waals surface area contributed by atoms with E-state index in [1.807, 2.05) is 18.2 Å². The van der Waals surface area contributed by atoms with Crippen LogP contribution in [0.25, 0.3) is 0 Å². The number of Topliss-reactive ketones (excluding diaryl/α,β-unsaturated/α-hetero) is 1. The topological polar surface area (TPSA) is 118 Å². The Morgan fingerprint density at radius 3 is 2.26 bits per heavy atom. The van der Waals surface area contributed by atoms with Crippen LogP contribution in [0.1, 0.15) is 71.6 Å². The van der Waals surface area contributed by atoms with Crippen molar-refractivity contribution in [3.8, 4) is 0 Å². The lowest BCUT2D eigenvalue weighted by Crippen LogP contribution is -2.29. The Bertz CT molecular complexity index is 898. The highest BCUT2D eigenvalue weighted by Gasteiger charge is 2.16. The molecule has 10 heteroatoms. The van der Waals surface area contributed by atoms with E-state index in [4.69, 9.17) is 0 Å². The number of rotatable bonds is 6. The molecule has 2 atom stereocenters. The minimum atomic E-state index is -1.41. The Morgan fingerprint density at radius 2 is 1.68 bits per heavy atom. The molecule has 3 N–H and O–H groups in total. The number of pyridine rings is 2. The molecule has 2 aromatic heterocycles. The van der Waals surface area contributed by atoms with Crippen molar-refractivity contribution >= 4 is 35.0 Å². The fourth-order valence-corrected chi connectivity index (χ4v) is 5.59. The number of carbonyl (C=O) groups is 2. The van der Waals surface area contributed by atoms with Gasteiger partial charge in [-0.15, -0.1) is 0 Å². The number of ketones is 1. The van der Waals surface area contributed by atoms with E-state index in [1.165, 1.54) is 45.6 Å². The zero-order chi connectivity index (χ0) is 28.0. The van der Waals surface area contributed by atoms with E-state index in [0.29, 0.717) is 23.6 Å². The van der Waals surface area contributed by atoms with E-state index in [-0.39, 0.29) is 0 Å². The standard InChI is InChI=1S/C11H14N2OS.C8H10N2O2S.C8H16.CH5N/c14-10-5-2-4-8-13(9-10)15-11-6-1-3-7-12-11;1-7(6-11)10-13(12)8-4-2-3-5-9-8;1-8-6-4-2-3-5-7-8;1-2/h1,3,6-7H,2,4-5,8-9H2;2-7,10H,1H3;8H,2-7H2,1H3;2H2,1H3. The summed E-state index contributed by atoms with van der Waals surface area (Å²) in [4.78, 5) is 29.8. The maximum Gasteiger partial charge on any atom is 0.147 e. The normalized spacial score (nSPS) is 17.9. The first-order valence-electron chi connectivity index (χ1n) is 13.5. The fraction of sp³-hybridized carbons (Fsp3) is 0.571. The molecule has 0 aromatic carbocycles. The van der Waals surface area contributed by atoms with Crippen LogP contribution in [0.4, 0.5) is 0 Å². The molecule has 0 radical (unpaired) electrons. The Morgan fingerprint density at radius 1 is 1.03 bits per heavy atom. The first kappa shape index (κ1) is 34.0. The largest absolute Gasteiger partial charge is 0.333 e. The summed E-state index contributed by atoms with van der Waals surface area (Å²) in [6.07, 6.45) is 15.8. The van der Waals surface area contributed by atoms with Gasteiger partial charge in [0.2, 0.25) is 0 Å². The SMILES string of the molecule is CC(C=O)NS(=O)c1ccccn1.CC1CCCCCC1.CN.O=C1CCCCN(Sc2ccccn2)C1. The minimum absolute atomic E-state index is 0.343. The summed E-state index contributed by atoms with van der Waals surface area (Å²) in [5, 5.41) is 1.39. The van der Waals surface area contributed by atoms with Crippen molar-refractivity contribution in [2.75, 3.05) is 20.1 Å². The molecule has 3 heterocycles. The summed E-state index contributed by atoms with van der Waals surface area (Å²) in [5.41, 5.74) is 4.50. The van der Waals surface area contributed by atoms with Crippen molar-refractivity contribution in [2.24, 2.45) is 11.7 Å². The van der Waals surface area contributed by atoms with Gasteiger partial charge in [0.15, 0.2) is 0 Å². The van der Waals surface area contributed by atoms with Gasteiger partial charge in [-0.3, -0.25) is 4.79 Å². The van der Waals surface area contributed by atoms with Gasteiger partial charge in [-0.05, 0) is 68.9 Å². The Labute approximate surface area is 235 Å². The van der Waals surface area contributed by atoms with Crippen molar-refractivity contribution in [3.63, 3.8) is 0 Å². The van der Waals surface area contributed by atoms with Gasteiger partial charge in [-0.1, -0.05) is 57.6 Å². The van der Waals surface area contributed by atoms with Gasteiger partial charge in [0.05, 0.1) is 12.6 Å². The van der Waals surface area contributed by atoms with Crippen LogP contribution in [0.3, 0.4) is 0 Å². The third kappa shape index (κ3) is 16.1.